The van der Waals surface area contributed by atoms with Gasteiger partial charge < -0.3 is 5.32 Å². The number of aryl methyl sites for hydroxylation is 2. The molecule has 1 amide bonds. The molecule has 3 aromatic rings. The first kappa shape index (κ1) is 16.9. The summed E-state index contributed by atoms with van der Waals surface area (Å²) in [6, 6.07) is 13.7. The van der Waals surface area contributed by atoms with E-state index in [2.05, 4.69) is 21.2 Å². The number of imidazole rings is 1. The molecule has 6 nitrogen and oxygen atoms in total. The lowest BCUT2D eigenvalue weighted by Crippen LogP contribution is -2.46. The van der Waals surface area contributed by atoms with Gasteiger partial charge in [-0.2, -0.15) is 0 Å². The third-order valence-electron chi connectivity index (χ3n) is 3.76. The van der Waals surface area contributed by atoms with Gasteiger partial charge in [-0.1, -0.05) is 30.3 Å². The van der Waals surface area contributed by atoms with Crippen molar-refractivity contribution in [2.24, 2.45) is 0 Å². The SMILES string of the molecule is Cc1ccn2c(C(=O)NNC(=S)NCc3ccccc3)c(C)nc2c1. The van der Waals surface area contributed by atoms with Gasteiger partial charge in [-0.3, -0.25) is 20.0 Å². The summed E-state index contributed by atoms with van der Waals surface area (Å²) in [5.41, 5.74) is 9.42. The molecular weight excluding hydrogens is 334 g/mol. The molecule has 128 valence electrons. The third kappa shape index (κ3) is 3.95. The van der Waals surface area contributed by atoms with Crippen molar-refractivity contribution in [2.45, 2.75) is 20.4 Å². The number of benzene rings is 1. The highest BCUT2D eigenvalue weighted by Crippen LogP contribution is 2.13. The van der Waals surface area contributed by atoms with E-state index in [1.54, 1.807) is 4.40 Å². The minimum Gasteiger partial charge on any atom is -0.357 e. The van der Waals surface area contributed by atoms with Gasteiger partial charge in [0.25, 0.3) is 5.91 Å². The van der Waals surface area contributed by atoms with Crippen molar-refractivity contribution in [1.82, 2.24) is 25.6 Å². The van der Waals surface area contributed by atoms with Gasteiger partial charge in [0.2, 0.25) is 0 Å². The summed E-state index contributed by atoms with van der Waals surface area (Å²) >= 11 is 5.19. The molecule has 0 atom stereocenters. The predicted octanol–water partition coefficient (Wildman–Crippen LogP) is 2.26. The molecule has 0 bridgehead atoms. The van der Waals surface area contributed by atoms with Gasteiger partial charge in [-0.15, -0.1) is 0 Å². The summed E-state index contributed by atoms with van der Waals surface area (Å²) in [6.45, 7) is 4.38. The highest BCUT2D eigenvalue weighted by Gasteiger charge is 2.16. The Balaban J connectivity index is 1.61. The van der Waals surface area contributed by atoms with Gasteiger partial charge in [0.1, 0.15) is 11.3 Å². The van der Waals surface area contributed by atoms with Crippen molar-refractivity contribution in [3.05, 3.63) is 71.2 Å². The molecule has 3 N–H and O–H groups in total. The molecule has 0 unspecified atom stereocenters. The van der Waals surface area contributed by atoms with Gasteiger partial charge in [0.05, 0.1) is 5.69 Å². The number of nitrogens with one attached hydrogen (secondary N) is 3. The van der Waals surface area contributed by atoms with E-state index in [-0.39, 0.29) is 5.91 Å². The summed E-state index contributed by atoms with van der Waals surface area (Å²) < 4.78 is 1.76. The minimum atomic E-state index is -0.294. The van der Waals surface area contributed by atoms with Crippen LogP contribution in [0.15, 0.2) is 48.7 Å². The van der Waals surface area contributed by atoms with Crippen LogP contribution in [0.25, 0.3) is 5.65 Å². The first-order chi connectivity index (χ1) is 12.0. The summed E-state index contributed by atoms with van der Waals surface area (Å²) in [5.74, 6) is -0.294. The van der Waals surface area contributed by atoms with E-state index >= 15 is 0 Å². The van der Waals surface area contributed by atoms with Crippen LogP contribution in [0, 0.1) is 13.8 Å². The second-order valence-electron chi connectivity index (χ2n) is 5.73. The van der Waals surface area contributed by atoms with E-state index in [1.165, 1.54) is 0 Å². The normalized spacial score (nSPS) is 10.5. The van der Waals surface area contributed by atoms with Crippen LogP contribution in [-0.2, 0) is 6.54 Å². The van der Waals surface area contributed by atoms with Crippen molar-refractivity contribution < 1.29 is 4.79 Å². The van der Waals surface area contributed by atoms with Gasteiger partial charge in [-0.25, -0.2) is 4.98 Å². The largest absolute Gasteiger partial charge is 0.357 e. The highest BCUT2D eigenvalue weighted by molar-refractivity contribution is 7.80. The third-order valence-corrected chi connectivity index (χ3v) is 4.00. The van der Waals surface area contributed by atoms with Gasteiger partial charge in [0.15, 0.2) is 5.11 Å². The first-order valence-corrected chi connectivity index (χ1v) is 8.29. The van der Waals surface area contributed by atoms with Crippen molar-refractivity contribution in [1.29, 1.82) is 0 Å². The van der Waals surface area contributed by atoms with Gasteiger partial charge in [-0.05, 0) is 49.3 Å². The lowest BCUT2D eigenvalue weighted by Gasteiger charge is -2.12. The second kappa shape index (κ2) is 7.31. The molecule has 0 fully saturated rings. The quantitative estimate of drug-likeness (QED) is 0.498. The first-order valence-electron chi connectivity index (χ1n) is 7.88. The Bertz CT molecular complexity index is 920. The van der Waals surface area contributed by atoms with E-state index in [4.69, 9.17) is 12.2 Å². The van der Waals surface area contributed by atoms with Crippen LogP contribution < -0.4 is 16.2 Å². The predicted molar refractivity (Wildman–Crippen MR) is 101 cm³/mol. The zero-order chi connectivity index (χ0) is 17.8. The number of hydrogen-bond donors (Lipinski definition) is 3. The molecule has 0 saturated heterocycles. The summed E-state index contributed by atoms with van der Waals surface area (Å²) in [6.07, 6.45) is 1.84. The van der Waals surface area contributed by atoms with Crippen LogP contribution in [0.2, 0.25) is 0 Å². The summed E-state index contributed by atoms with van der Waals surface area (Å²) in [4.78, 5) is 16.9. The van der Waals surface area contributed by atoms with Gasteiger partial charge >= 0.3 is 0 Å². The van der Waals surface area contributed by atoms with E-state index in [0.717, 1.165) is 16.8 Å². The lowest BCUT2D eigenvalue weighted by atomic mass is 10.2. The number of pyridine rings is 1. The average Bonchev–Trinajstić information content (AvgIpc) is 2.93. The molecule has 7 heteroatoms. The summed E-state index contributed by atoms with van der Waals surface area (Å²) in [5, 5.41) is 3.39. The molecule has 0 saturated carbocycles. The van der Waals surface area contributed by atoms with E-state index < -0.39 is 0 Å². The fourth-order valence-electron chi connectivity index (χ4n) is 2.53. The number of thiocarbonyl (C=S) groups is 1. The van der Waals surface area contributed by atoms with Crippen LogP contribution >= 0.6 is 12.2 Å². The number of rotatable bonds is 3. The molecule has 0 aliphatic rings. The fourth-order valence-corrected chi connectivity index (χ4v) is 2.66. The van der Waals surface area contributed by atoms with Crippen LogP contribution in [-0.4, -0.2) is 20.4 Å². The maximum atomic E-state index is 12.5. The van der Waals surface area contributed by atoms with E-state index in [1.807, 2.05) is 62.5 Å². The Morgan fingerprint density at radius 1 is 1.16 bits per heavy atom. The maximum Gasteiger partial charge on any atom is 0.288 e. The Hall–Kier alpha value is -2.93. The minimum absolute atomic E-state index is 0.294. The number of nitrogens with zero attached hydrogens (tertiary/aromatic N) is 2. The van der Waals surface area contributed by atoms with Gasteiger partial charge in [0, 0.05) is 12.7 Å². The monoisotopic (exact) mass is 353 g/mol. The second-order valence-corrected chi connectivity index (χ2v) is 6.13. The molecular formula is C18H19N5OS. The molecule has 0 radical (unpaired) electrons. The van der Waals surface area contributed by atoms with Crippen LogP contribution in [0.4, 0.5) is 0 Å². The number of fused-ring (bicyclic) bond motifs is 1. The number of carbonyl (C=O) groups is 1. The standard InChI is InChI=1S/C18H19N5OS/c1-12-8-9-23-15(10-12)20-13(2)16(23)17(24)21-22-18(25)19-11-14-6-4-3-5-7-14/h3-10H,11H2,1-2H3,(H,21,24)(H2,19,22,25). The molecule has 25 heavy (non-hydrogen) atoms. The Kier molecular flexibility index (Phi) is 4.95. The topological polar surface area (TPSA) is 70.5 Å². The average molecular weight is 353 g/mol. The fraction of sp³-hybridized carbons (Fsp3) is 0.167. The number of aromatic nitrogens is 2. The number of hydrazine groups is 1. The van der Waals surface area contributed by atoms with Crippen LogP contribution in [0.1, 0.15) is 27.3 Å². The lowest BCUT2D eigenvalue weighted by molar-refractivity contribution is 0.0937. The highest BCUT2D eigenvalue weighted by atomic mass is 32.1. The molecule has 2 aromatic heterocycles. The van der Waals surface area contributed by atoms with E-state index in [9.17, 15) is 4.79 Å². The van der Waals surface area contributed by atoms with Crippen molar-refractivity contribution in [3.63, 3.8) is 0 Å². The van der Waals surface area contributed by atoms with Crippen molar-refractivity contribution in [3.8, 4) is 0 Å². The Morgan fingerprint density at radius 2 is 1.92 bits per heavy atom. The molecule has 1 aromatic carbocycles. The van der Waals surface area contributed by atoms with Crippen molar-refractivity contribution in [2.75, 3.05) is 0 Å². The zero-order valence-electron chi connectivity index (χ0n) is 14.0. The smallest absolute Gasteiger partial charge is 0.288 e. The number of hydrogen-bond acceptors (Lipinski definition) is 3. The van der Waals surface area contributed by atoms with E-state index in [0.29, 0.717) is 23.0 Å². The molecule has 0 aliphatic carbocycles. The maximum absolute atomic E-state index is 12.5. The van der Waals surface area contributed by atoms with Crippen LogP contribution in [0.3, 0.4) is 0 Å². The summed E-state index contributed by atoms with van der Waals surface area (Å²) in [7, 11) is 0. The number of amides is 1. The molecule has 2 heterocycles. The molecule has 0 spiro atoms. The zero-order valence-corrected chi connectivity index (χ0v) is 14.9. The number of carbonyl (C=O) groups excluding carboxylic acids is 1. The van der Waals surface area contributed by atoms with Crippen molar-refractivity contribution >= 4 is 28.9 Å². The Morgan fingerprint density at radius 3 is 2.68 bits per heavy atom. The molecule has 3 rings (SSSR count). The molecule has 0 aliphatic heterocycles. The Labute approximate surface area is 151 Å². The van der Waals surface area contributed by atoms with Crippen LogP contribution in [0.5, 0.6) is 0 Å².